The number of hydrogen-bond acceptors (Lipinski definition) is 3. The molecule has 3 heterocycles. The summed E-state index contributed by atoms with van der Waals surface area (Å²) < 4.78 is 7.55. The third kappa shape index (κ3) is 2.24. The smallest absolute Gasteiger partial charge is 0.384 e. The number of hydrogen-bond donors (Lipinski definition) is 0. The maximum Gasteiger partial charge on any atom is 0.509 e. The lowest BCUT2D eigenvalue weighted by atomic mass is 10.1. The number of carbonyl (C=O) groups excluding carboxylic acids is 1. The van der Waals surface area contributed by atoms with Gasteiger partial charge in [-0.2, -0.15) is 4.57 Å². The zero-order valence-corrected chi connectivity index (χ0v) is 12.1. The molecule has 0 saturated carbocycles. The maximum atomic E-state index is 12.0. The number of piperidine rings is 1. The summed E-state index contributed by atoms with van der Waals surface area (Å²) in [7, 11) is 0. The minimum Gasteiger partial charge on any atom is -0.384 e. The largest absolute Gasteiger partial charge is 0.509 e. The van der Waals surface area contributed by atoms with Gasteiger partial charge in [-0.05, 0) is 25.0 Å². The second kappa shape index (κ2) is 5.26. The first-order valence-electron chi connectivity index (χ1n) is 7.49. The van der Waals surface area contributed by atoms with Crippen molar-refractivity contribution in [3.8, 4) is 6.01 Å². The van der Waals surface area contributed by atoms with Crippen LogP contribution < -0.4 is 9.47 Å². The maximum absolute atomic E-state index is 12.0. The Balaban J connectivity index is 1.65. The molecule has 22 heavy (non-hydrogen) atoms. The number of amides is 1. The zero-order valence-electron chi connectivity index (χ0n) is 12.1. The van der Waals surface area contributed by atoms with Crippen molar-refractivity contribution >= 4 is 22.7 Å². The minimum atomic E-state index is 0.200. The van der Waals surface area contributed by atoms with E-state index in [1.165, 1.54) is 0 Å². The normalized spacial score (nSPS) is 15.5. The van der Waals surface area contributed by atoms with Crippen molar-refractivity contribution in [3.63, 3.8) is 0 Å². The summed E-state index contributed by atoms with van der Waals surface area (Å²) in [6.45, 7) is 0.797. The molecule has 0 spiro atoms. The standard InChI is InChI=1S/C17H16N3O2/c21-16-7-3-4-10-20(16)13-8-11-19(12-9-13)17-18-14-5-1-2-6-15(14)22-17/h1-2,5-6,8-9,11-12H,3-4,7,10H2/q+1. The van der Waals surface area contributed by atoms with E-state index in [1.807, 2.05) is 58.3 Å². The molecule has 5 heteroatoms. The second-order valence-corrected chi connectivity index (χ2v) is 5.43. The number of anilines is 1. The lowest BCUT2D eigenvalue weighted by molar-refractivity contribution is -0.612. The van der Waals surface area contributed by atoms with Crippen LogP contribution in [-0.2, 0) is 4.79 Å². The molecule has 2 aromatic heterocycles. The van der Waals surface area contributed by atoms with Crippen LogP contribution in [-0.4, -0.2) is 17.4 Å². The van der Waals surface area contributed by atoms with Crippen molar-refractivity contribution < 1.29 is 13.8 Å². The van der Waals surface area contributed by atoms with E-state index in [1.54, 1.807) is 0 Å². The van der Waals surface area contributed by atoms with Gasteiger partial charge < -0.3 is 9.32 Å². The Morgan fingerprint density at radius 2 is 1.91 bits per heavy atom. The van der Waals surface area contributed by atoms with Crippen molar-refractivity contribution in [1.82, 2.24) is 4.98 Å². The van der Waals surface area contributed by atoms with E-state index < -0.39 is 0 Å². The van der Waals surface area contributed by atoms with Gasteiger partial charge in [0, 0.05) is 30.1 Å². The third-order valence-corrected chi connectivity index (χ3v) is 3.95. The van der Waals surface area contributed by atoms with Gasteiger partial charge in [0.15, 0.2) is 5.58 Å². The quantitative estimate of drug-likeness (QED) is 0.683. The first-order valence-corrected chi connectivity index (χ1v) is 7.49. The lowest BCUT2D eigenvalue weighted by Gasteiger charge is -2.26. The molecule has 5 nitrogen and oxygen atoms in total. The number of fused-ring (bicyclic) bond motifs is 1. The first kappa shape index (κ1) is 13.0. The highest BCUT2D eigenvalue weighted by molar-refractivity contribution is 5.93. The van der Waals surface area contributed by atoms with Crippen molar-refractivity contribution in [1.29, 1.82) is 0 Å². The summed E-state index contributed by atoms with van der Waals surface area (Å²) in [4.78, 5) is 18.3. The SMILES string of the molecule is O=C1CCCCN1c1cc[n+](-c2nc3ccccc3o2)cc1. The molecule has 3 aromatic rings. The molecule has 0 atom stereocenters. The van der Waals surface area contributed by atoms with E-state index in [0.717, 1.165) is 36.2 Å². The molecule has 1 amide bonds. The number of para-hydroxylation sites is 2. The van der Waals surface area contributed by atoms with Crippen LogP contribution in [0.1, 0.15) is 19.3 Å². The van der Waals surface area contributed by atoms with E-state index in [4.69, 9.17) is 4.42 Å². The van der Waals surface area contributed by atoms with Crippen LogP contribution in [0.5, 0.6) is 0 Å². The topological polar surface area (TPSA) is 50.2 Å². The zero-order chi connectivity index (χ0) is 14.9. The Labute approximate surface area is 127 Å². The lowest BCUT2D eigenvalue weighted by Crippen LogP contribution is -2.36. The third-order valence-electron chi connectivity index (χ3n) is 3.95. The average molecular weight is 294 g/mol. The predicted octanol–water partition coefficient (Wildman–Crippen LogP) is 2.62. The number of nitrogens with zero attached hydrogens (tertiary/aromatic N) is 3. The summed E-state index contributed by atoms with van der Waals surface area (Å²) in [6, 6.07) is 12.1. The fourth-order valence-corrected chi connectivity index (χ4v) is 2.78. The van der Waals surface area contributed by atoms with Gasteiger partial charge >= 0.3 is 6.01 Å². The number of rotatable bonds is 2. The molecule has 1 fully saturated rings. The Kier molecular flexibility index (Phi) is 3.11. The van der Waals surface area contributed by atoms with E-state index in [0.29, 0.717) is 12.4 Å². The van der Waals surface area contributed by atoms with Gasteiger partial charge in [0.25, 0.3) is 0 Å². The van der Waals surface area contributed by atoms with Crippen molar-refractivity contribution in [2.45, 2.75) is 19.3 Å². The molecule has 0 bridgehead atoms. The predicted molar refractivity (Wildman–Crippen MR) is 81.7 cm³/mol. The number of benzene rings is 1. The van der Waals surface area contributed by atoms with E-state index >= 15 is 0 Å². The van der Waals surface area contributed by atoms with E-state index in [9.17, 15) is 4.79 Å². The number of aromatic nitrogens is 2. The number of pyridine rings is 1. The van der Waals surface area contributed by atoms with Crippen molar-refractivity contribution in [3.05, 3.63) is 48.8 Å². The second-order valence-electron chi connectivity index (χ2n) is 5.43. The highest BCUT2D eigenvalue weighted by atomic mass is 16.4. The van der Waals surface area contributed by atoms with Crippen LogP contribution in [0.15, 0.2) is 53.2 Å². The van der Waals surface area contributed by atoms with E-state index in [-0.39, 0.29) is 5.91 Å². The molecule has 1 aromatic carbocycles. The molecule has 0 aliphatic carbocycles. The van der Waals surface area contributed by atoms with Crippen LogP contribution in [0.4, 0.5) is 5.69 Å². The summed E-state index contributed by atoms with van der Waals surface area (Å²) >= 11 is 0. The molecule has 1 aliphatic heterocycles. The van der Waals surface area contributed by atoms with Gasteiger partial charge in [-0.3, -0.25) is 4.79 Å². The molecular formula is C17H16N3O2+. The van der Waals surface area contributed by atoms with Gasteiger partial charge in [-0.1, -0.05) is 12.1 Å². The first-order chi connectivity index (χ1) is 10.8. The van der Waals surface area contributed by atoms with Gasteiger partial charge in [0.2, 0.25) is 11.4 Å². The highest BCUT2D eigenvalue weighted by Gasteiger charge is 2.21. The Bertz CT molecular complexity index is 790. The van der Waals surface area contributed by atoms with Crippen LogP contribution in [0.2, 0.25) is 0 Å². The fourth-order valence-electron chi connectivity index (χ4n) is 2.78. The van der Waals surface area contributed by atoms with Crippen molar-refractivity contribution in [2.75, 3.05) is 11.4 Å². The van der Waals surface area contributed by atoms with Crippen LogP contribution in [0.3, 0.4) is 0 Å². The molecule has 1 aliphatic rings. The van der Waals surface area contributed by atoms with Gasteiger partial charge in [0.05, 0.1) is 5.69 Å². The van der Waals surface area contributed by atoms with Gasteiger partial charge in [-0.15, -0.1) is 0 Å². The molecule has 0 N–H and O–H groups in total. The molecule has 4 rings (SSSR count). The highest BCUT2D eigenvalue weighted by Crippen LogP contribution is 2.20. The number of carbonyl (C=O) groups is 1. The van der Waals surface area contributed by atoms with Gasteiger partial charge in [0.1, 0.15) is 12.4 Å². The van der Waals surface area contributed by atoms with E-state index in [2.05, 4.69) is 4.98 Å². The monoisotopic (exact) mass is 294 g/mol. The minimum absolute atomic E-state index is 0.200. The summed E-state index contributed by atoms with van der Waals surface area (Å²) in [5.74, 6) is 0.200. The number of oxazole rings is 1. The van der Waals surface area contributed by atoms with Crippen molar-refractivity contribution in [2.24, 2.45) is 0 Å². The summed E-state index contributed by atoms with van der Waals surface area (Å²) in [5.41, 5.74) is 2.53. The Morgan fingerprint density at radius 3 is 2.68 bits per heavy atom. The fraction of sp³-hybridized carbons (Fsp3) is 0.235. The molecule has 1 saturated heterocycles. The van der Waals surface area contributed by atoms with Crippen LogP contribution in [0.25, 0.3) is 17.1 Å². The Morgan fingerprint density at radius 1 is 1.09 bits per heavy atom. The molecular weight excluding hydrogens is 278 g/mol. The summed E-state index contributed by atoms with van der Waals surface area (Å²) in [5, 5.41) is 0. The van der Waals surface area contributed by atoms with Gasteiger partial charge in [-0.25, -0.2) is 0 Å². The molecule has 0 unspecified atom stereocenters. The van der Waals surface area contributed by atoms with Crippen LogP contribution in [0, 0.1) is 0 Å². The molecule has 110 valence electrons. The average Bonchev–Trinajstić information content (AvgIpc) is 2.99. The Hall–Kier alpha value is -2.69. The molecule has 0 radical (unpaired) electrons. The van der Waals surface area contributed by atoms with Crippen LogP contribution >= 0.6 is 0 Å². The summed E-state index contributed by atoms with van der Waals surface area (Å²) in [6.07, 6.45) is 6.45.